The minimum atomic E-state index is -0.415. The first kappa shape index (κ1) is 12.4. The molecule has 0 aliphatic carbocycles. The lowest BCUT2D eigenvalue weighted by Gasteiger charge is -2.06. The van der Waals surface area contributed by atoms with Crippen LogP contribution in [-0.2, 0) is 11.3 Å². The van der Waals surface area contributed by atoms with Gasteiger partial charge in [0, 0.05) is 6.07 Å². The third-order valence-electron chi connectivity index (χ3n) is 2.19. The van der Waals surface area contributed by atoms with E-state index in [9.17, 15) is 4.79 Å². The number of hydrogen-bond donors (Lipinski definition) is 0. The number of furan rings is 1. The summed E-state index contributed by atoms with van der Waals surface area (Å²) in [6, 6.07) is 6.61. The minimum absolute atomic E-state index is 0.365. The Hall–Kier alpha value is -2.01. The third kappa shape index (κ3) is 3.78. The Bertz CT molecular complexity index is 527. The summed E-state index contributed by atoms with van der Waals surface area (Å²) in [5.74, 6) is 1.78. The molecule has 2 aromatic rings. The summed E-state index contributed by atoms with van der Waals surface area (Å²) < 4.78 is 20.6. The second-order valence-corrected chi connectivity index (χ2v) is 3.70. The number of rotatable bonds is 6. The van der Waals surface area contributed by atoms with E-state index in [1.165, 1.54) is 6.07 Å². The smallest absolute Gasteiger partial charge is 0.339 e. The van der Waals surface area contributed by atoms with Gasteiger partial charge < -0.3 is 18.3 Å². The Labute approximate surface area is 104 Å². The first-order valence-corrected chi connectivity index (χ1v) is 5.59. The van der Waals surface area contributed by atoms with Gasteiger partial charge in [-0.15, -0.1) is 0 Å². The summed E-state index contributed by atoms with van der Waals surface area (Å²) in [6.07, 6.45) is 1.60. The van der Waals surface area contributed by atoms with E-state index in [0.29, 0.717) is 31.3 Å². The van der Waals surface area contributed by atoms with E-state index >= 15 is 0 Å². The first-order valence-electron chi connectivity index (χ1n) is 5.59. The maximum atomic E-state index is 11.1. The van der Waals surface area contributed by atoms with Crippen LogP contribution in [0.3, 0.4) is 0 Å². The Balaban J connectivity index is 1.70. The molecule has 5 heteroatoms. The predicted octanol–water partition coefficient (Wildman–Crippen LogP) is 2.14. The van der Waals surface area contributed by atoms with Crippen molar-refractivity contribution in [2.75, 3.05) is 13.2 Å². The summed E-state index contributed by atoms with van der Waals surface area (Å²) in [7, 11) is 0. The van der Waals surface area contributed by atoms with Gasteiger partial charge >= 0.3 is 5.63 Å². The number of hydrogen-bond acceptors (Lipinski definition) is 5. The Morgan fingerprint density at radius 2 is 2.17 bits per heavy atom. The molecule has 0 unspecified atom stereocenters. The highest BCUT2D eigenvalue weighted by atomic mass is 16.5. The summed E-state index contributed by atoms with van der Waals surface area (Å²) in [4.78, 5) is 11.1. The lowest BCUT2D eigenvalue weighted by Crippen LogP contribution is -2.08. The highest BCUT2D eigenvalue weighted by molar-refractivity contribution is 5.19. The predicted molar refractivity (Wildman–Crippen MR) is 63.6 cm³/mol. The topological polar surface area (TPSA) is 61.8 Å². The van der Waals surface area contributed by atoms with Crippen LogP contribution in [-0.4, -0.2) is 13.2 Å². The molecule has 2 aromatic heterocycles. The molecule has 2 rings (SSSR count). The van der Waals surface area contributed by atoms with E-state index < -0.39 is 5.63 Å². The molecule has 0 spiro atoms. The van der Waals surface area contributed by atoms with Crippen LogP contribution in [0.15, 0.2) is 44.2 Å². The van der Waals surface area contributed by atoms with Gasteiger partial charge in [0.15, 0.2) is 0 Å². The van der Waals surface area contributed by atoms with Crippen molar-refractivity contribution in [3.05, 3.63) is 52.5 Å². The van der Waals surface area contributed by atoms with Crippen LogP contribution in [0.2, 0.25) is 0 Å². The SMILES string of the molecule is Cc1cc(OCCOCc2ccco2)cc(=O)o1. The minimum Gasteiger partial charge on any atom is -0.491 e. The number of aryl methyl sites for hydroxylation is 1. The molecule has 0 radical (unpaired) electrons. The fourth-order valence-electron chi connectivity index (χ4n) is 1.44. The molecule has 0 saturated heterocycles. The highest BCUT2D eigenvalue weighted by Crippen LogP contribution is 2.09. The van der Waals surface area contributed by atoms with Gasteiger partial charge in [0.05, 0.1) is 18.9 Å². The van der Waals surface area contributed by atoms with Crippen molar-refractivity contribution in [1.82, 2.24) is 0 Å². The second-order valence-electron chi connectivity index (χ2n) is 3.70. The third-order valence-corrected chi connectivity index (χ3v) is 2.19. The highest BCUT2D eigenvalue weighted by Gasteiger charge is 2.00. The second kappa shape index (κ2) is 6.07. The fourth-order valence-corrected chi connectivity index (χ4v) is 1.44. The summed E-state index contributed by atoms with van der Waals surface area (Å²) in [5, 5.41) is 0. The lowest BCUT2D eigenvalue weighted by atomic mass is 10.4. The molecule has 0 atom stereocenters. The molecule has 2 heterocycles. The zero-order valence-corrected chi connectivity index (χ0v) is 10.0. The van der Waals surface area contributed by atoms with Crippen LogP contribution in [0, 0.1) is 6.92 Å². The largest absolute Gasteiger partial charge is 0.491 e. The quantitative estimate of drug-likeness (QED) is 0.735. The van der Waals surface area contributed by atoms with Crippen LogP contribution in [0.5, 0.6) is 5.75 Å². The molecular weight excluding hydrogens is 236 g/mol. The van der Waals surface area contributed by atoms with Crippen LogP contribution < -0.4 is 10.4 Å². The molecular formula is C13H14O5. The molecule has 0 bridgehead atoms. The maximum Gasteiger partial charge on any atom is 0.339 e. The van der Waals surface area contributed by atoms with Crippen molar-refractivity contribution >= 4 is 0 Å². The van der Waals surface area contributed by atoms with Gasteiger partial charge in [-0.1, -0.05) is 0 Å². The van der Waals surface area contributed by atoms with Crippen molar-refractivity contribution in [2.45, 2.75) is 13.5 Å². The molecule has 18 heavy (non-hydrogen) atoms. The van der Waals surface area contributed by atoms with E-state index in [1.54, 1.807) is 25.3 Å². The molecule has 5 nitrogen and oxygen atoms in total. The van der Waals surface area contributed by atoms with Crippen LogP contribution in [0.25, 0.3) is 0 Å². The van der Waals surface area contributed by atoms with Crippen LogP contribution >= 0.6 is 0 Å². The van der Waals surface area contributed by atoms with Gasteiger partial charge in [0.25, 0.3) is 0 Å². The van der Waals surface area contributed by atoms with Gasteiger partial charge in [-0.25, -0.2) is 4.79 Å². The normalized spacial score (nSPS) is 10.5. The average molecular weight is 250 g/mol. The molecule has 0 saturated carbocycles. The fraction of sp³-hybridized carbons (Fsp3) is 0.308. The first-order chi connectivity index (χ1) is 8.74. The molecule has 0 fully saturated rings. The van der Waals surface area contributed by atoms with Crippen molar-refractivity contribution in [3.8, 4) is 5.75 Å². The molecule has 0 aliphatic rings. The monoisotopic (exact) mass is 250 g/mol. The zero-order chi connectivity index (χ0) is 12.8. The van der Waals surface area contributed by atoms with E-state index in [1.807, 2.05) is 6.07 Å². The van der Waals surface area contributed by atoms with Crippen LogP contribution in [0.1, 0.15) is 11.5 Å². The van der Waals surface area contributed by atoms with Gasteiger partial charge in [0.2, 0.25) is 0 Å². The van der Waals surface area contributed by atoms with E-state index in [2.05, 4.69) is 0 Å². The summed E-state index contributed by atoms with van der Waals surface area (Å²) >= 11 is 0. The van der Waals surface area contributed by atoms with E-state index in [0.717, 1.165) is 5.76 Å². The Morgan fingerprint density at radius 3 is 2.89 bits per heavy atom. The summed E-state index contributed by atoms with van der Waals surface area (Å²) in [5.41, 5.74) is -0.415. The average Bonchev–Trinajstić information content (AvgIpc) is 2.80. The lowest BCUT2D eigenvalue weighted by molar-refractivity contribution is 0.0779. The molecule has 0 N–H and O–H groups in total. The van der Waals surface area contributed by atoms with Crippen molar-refractivity contribution < 1.29 is 18.3 Å². The van der Waals surface area contributed by atoms with Gasteiger partial charge in [0.1, 0.15) is 30.5 Å². The molecule has 0 amide bonds. The van der Waals surface area contributed by atoms with Crippen LogP contribution in [0.4, 0.5) is 0 Å². The molecule has 0 aromatic carbocycles. The standard InChI is InChI=1S/C13H14O5/c1-10-7-12(8-13(14)18-10)17-6-5-15-9-11-3-2-4-16-11/h2-4,7-8H,5-6,9H2,1H3. The van der Waals surface area contributed by atoms with Gasteiger partial charge in [-0.2, -0.15) is 0 Å². The van der Waals surface area contributed by atoms with E-state index in [-0.39, 0.29) is 0 Å². The van der Waals surface area contributed by atoms with Gasteiger partial charge in [-0.05, 0) is 19.1 Å². The zero-order valence-electron chi connectivity index (χ0n) is 10.0. The van der Waals surface area contributed by atoms with E-state index in [4.69, 9.17) is 18.3 Å². The molecule has 96 valence electrons. The van der Waals surface area contributed by atoms with Gasteiger partial charge in [-0.3, -0.25) is 0 Å². The van der Waals surface area contributed by atoms with Crippen molar-refractivity contribution in [2.24, 2.45) is 0 Å². The molecule has 0 aliphatic heterocycles. The Morgan fingerprint density at radius 1 is 1.28 bits per heavy atom. The van der Waals surface area contributed by atoms with Crippen molar-refractivity contribution in [3.63, 3.8) is 0 Å². The number of ether oxygens (including phenoxy) is 2. The van der Waals surface area contributed by atoms with Crippen molar-refractivity contribution in [1.29, 1.82) is 0 Å². The Kier molecular flexibility index (Phi) is 4.20. The summed E-state index contributed by atoms with van der Waals surface area (Å²) in [6.45, 7) is 2.89. The maximum absolute atomic E-state index is 11.1.